The van der Waals surface area contributed by atoms with Gasteiger partial charge in [0.15, 0.2) is 17.1 Å². The quantitative estimate of drug-likeness (QED) is 0.407. The van der Waals surface area contributed by atoms with Crippen molar-refractivity contribution in [3.63, 3.8) is 0 Å². The summed E-state index contributed by atoms with van der Waals surface area (Å²) in [5.41, 5.74) is 8.05. The molecule has 4 aromatic rings. The van der Waals surface area contributed by atoms with Crippen molar-refractivity contribution >= 4 is 33.7 Å². The number of hydrogen-bond donors (Lipinski definition) is 2. The van der Waals surface area contributed by atoms with E-state index in [1.807, 2.05) is 44.2 Å². The summed E-state index contributed by atoms with van der Waals surface area (Å²) in [6.07, 6.45) is 0. The van der Waals surface area contributed by atoms with Crippen LogP contribution in [0.3, 0.4) is 0 Å². The van der Waals surface area contributed by atoms with Crippen LogP contribution in [0.15, 0.2) is 41.5 Å². The standard InChI is InChI=1S/C20H20N6O2/c1-11-5-7-15-14(9-11)18-19(21-15)22-20(26-24-18)25-23-12(2)13-6-8-16(27-3)17(10-13)28-4/h5-10H,1-4H3,(H2,21,22,25,26)/b23-12-. The van der Waals surface area contributed by atoms with Gasteiger partial charge in [-0.3, -0.25) is 0 Å². The minimum atomic E-state index is 0.315. The van der Waals surface area contributed by atoms with Gasteiger partial charge in [-0.25, -0.2) is 5.43 Å². The van der Waals surface area contributed by atoms with E-state index in [1.165, 1.54) is 0 Å². The predicted molar refractivity (Wildman–Crippen MR) is 109 cm³/mol. The van der Waals surface area contributed by atoms with Crippen LogP contribution in [-0.2, 0) is 0 Å². The van der Waals surface area contributed by atoms with Crippen molar-refractivity contribution in [1.82, 2.24) is 20.2 Å². The summed E-state index contributed by atoms with van der Waals surface area (Å²) in [4.78, 5) is 7.74. The molecule has 28 heavy (non-hydrogen) atoms. The van der Waals surface area contributed by atoms with Crippen molar-refractivity contribution in [1.29, 1.82) is 0 Å². The molecule has 2 N–H and O–H groups in total. The lowest BCUT2D eigenvalue weighted by molar-refractivity contribution is 0.355. The molecule has 0 fully saturated rings. The number of hydrogen-bond acceptors (Lipinski definition) is 7. The van der Waals surface area contributed by atoms with Gasteiger partial charge in [0, 0.05) is 16.5 Å². The van der Waals surface area contributed by atoms with Crippen molar-refractivity contribution in [2.45, 2.75) is 13.8 Å². The third kappa shape index (κ3) is 3.20. The molecule has 0 aliphatic rings. The largest absolute Gasteiger partial charge is 0.493 e. The number of nitrogens with zero attached hydrogens (tertiary/aromatic N) is 4. The van der Waals surface area contributed by atoms with Gasteiger partial charge in [0.2, 0.25) is 0 Å². The first-order valence-corrected chi connectivity index (χ1v) is 8.74. The minimum Gasteiger partial charge on any atom is -0.493 e. The van der Waals surface area contributed by atoms with Gasteiger partial charge in [-0.2, -0.15) is 10.1 Å². The number of hydrazone groups is 1. The van der Waals surface area contributed by atoms with E-state index >= 15 is 0 Å². The van der Waals surface area contributed by atoms with Crippen LogP contribution >= 0.6 is 0 Å². The fraction of sp³-hybridized carbons (Fsp3) is 0.200. The minimum absolute atomic E-state index is 0.315. The maximum Gasteiger partial charge on any atom is 0.265 e. The second kappa shape index (κ2) is 7.15. The molecule has 0 saturated heterocycles. The Balaban J connectivity index is 1.61. The molecule has 142 valence electrons. The van der Waals surface area contributed by atoms with E-state index in [4.69, 9.17) is 9.47 Å². The van der Waals surface area contributed by atoms with Gasteiger partial charge in [-0.05, 0) is 44.2 Å². The SMILES string of the molecule is COc1ccc(/C(C)=N\Nc2nnc3c(n2)[nH]c2ccc(C)cc23)cc1OC. The summed E-state index contributed by atoms with van der Waals surface area (Å²) >= 11 is 0. The van der Waals surface area contributed by atoms with E-state index in [1.54, 1.807) is 14.2 Å². The fourth-order valence-electron chi connectivity index (χ4n) is 2.99. The lowest BCUT2D eigenvalue weighted by Gasteiger charge is -2.09. The summed E-state index contributed by atoms with van der Waals surface area (Å²) in [6, 6.07) is 11.7. The number of benzene rings is 2. The molecule has 0 aliphatic carbocycles. The zero-order chi connectivity index (χ0) is 19.7. The maximum atomic E-state index is 5.34. The van der Waals surface area contributed by atoms with E-state index in [2.05, 4.69) is 36.8 Å². The van der Waals surface area contributed by atoms with Crippen LogP contribution in [0, 0.1) is 6.92 Å². The monoisotopic (exact) mass is 376 g/mol. The highest BCUT2D eigenvalue weighted by Gasteiger charge is 2.10. The van der Waals surface area contributed by atoms with Crippen molar-refractivity contribution in [3.05, 3.63) is 47.5 Å². The van der Waals surface area contributed by atoms with Crippen molar-refractivity contribution in [2.24, 2.45) is 5.10 Å². The Kier molecular flexibility index (Phi) is 4.52. The Morgan fingerprint density at radius 2 is 1.86 bits per heavy atom. The molecular formula is C20H20N6O2. The summed E-state index contributed by atoms with van der Waals surface area (Å²) in [5.74, 6) is 1.62. The van der Waals surface area contributed by atoms with Crippen LogP contribution in [0.4, 0.5) is 5.95 Å². The number of ether oxygens (including phenoxy) is 2. The molecule has 0 amide bonds. The van der Waals surface area contributed by atoms with Crippen LogP contribution in [0.2, 0.25) is 0 Å². The first-order chi connectivity index (χ1) is 13.6. The smallest absolute Gasteiger partial charge is 0.265 e. The molecule has 0 aliphatic heterocycles. The lowest BCUT2D eigenvalue weighted by atomic mass is 10.1. The third-order valence-electron chi connectivity index (χ3n) is 4.49. The zero-order valence-corrected chi connectivity index (χ0v) is 16.1. The van der Waals surface area contributed by atoms with E-state index < -0.39 is 0 Å². The van der Waals surface area contributed by atoms with E-state index in [0.29, 0.717) is 23.1 Å². The van der Waals surface area contributed by atoms with Crippen molar-refractivity contribution in [3.8, 4) is 11.5 Å². The zero-order valence-electron chi connectivity index (χ0n) is 16.1. The van der Waals surface area contributed by atoms with E-state index in [9.17, 15) is 0 Å². The second-order valence-corrected chi connectivity index (χ2v) is 6.39. The number of aromatic amines is 1. The van der Waals surface area contributed by atoms with Gasteiger partial charge in [0.05, 0.1) is 19.9 Å². The van der Waals surface area contributed by atoms with Gasteiger partial charge in [-0.1, -0.05) is 11.6 Å². The third-order valence-corrected chi connectivity index (χ3v) is 4.49. The Morgan fingerprint density at radius 3 is 2.64 bits per heavy atom. The number of fused-ring (bicyclic) bond motifs is 3. The molecule has 4 rings (SSSR count). The average Bonchev–Trinajstić information content (AvgIpc) is 3.08. The molecule has 2 aromatic heterocycles. The van der Waals surface area contributed by atoms with Gasteiger partial charge in [0.25, 0.3) is 5.95 Å². The highest BCUT2D eigenvalue weighted by atomic mass is 16.5. The molecule has 0 spiro atoms. The molecule has 0 unspecified atom stereocenters. The first-order valence-electron chi connectivity index (χ1n) is 8.74. The van der Waals surface area contributed by atoms with E-state index in [-0.39, 0.29) is 0 Å². The van der Waals surface area contributed by atoms with Crippen LogP contribution in [0.5, 0.6) is 11.5 Å². The lowest BCUT2D eigenvalue weighted by Crippen LogP contribution is -2.04. The number of H-pyrrole nitrogens is 1. The molecular weight excluding hydrogens is 356 g/mol. The van der Waals surface area contributed by atoms with Gasteiger partial charge in [-0.15, -0.1) is 10.2 Å². The molecule has 2 aromatic carbocycles. The fourth-order valence-corrected chi connectivity index (χ4v) is 2.99. The summed E-state index contributed by atoms with van der Waals surface area (Å²) < 4.78 is 10.6. The second-order valence-electron chi connectivity index (χ2n) is 6.39. The number of anilines is 1. The molecule has 8 nitrogen and oxygen atoms in total. The molecule has 0 saturated carbocycles. The predicted octanol–water partition coefficient (Wildman–Crippen LogP) is 3.67. The molecule has 0 atom stereocenters. The Morgan fingerprint density at radius 1 is 1.04 bits per heavy atom. The van der Waals surface area contributed by atoms with Crippen LogP contribution < -0.4 is 14.9 Å². The van der Waals surface area contributed by atoms with Crippen LogP contribution in [0.25, 0.3) is 22.1 Å². The first kappa shape index (κ1) is 17.7. The normalized spacial score (nSPS) is 11.8. The highest BCUT2D eigenvalue weighted by molar-refractivity contribution is 6.03. The number of nitrogens with one attached hydrogen (secondary N) is 2. The Bertz CT molecular complexity index is 1200. The Labute approximate surface area is 161 Å². The van der Waals surface area contributed by atoms with E-state index in [0.717, 1.165) is 33.3 Å². The number of methoxy groups -OCH3 is 2. The number of aromatic nitrogens is 4. The van der Waals surface area contributed by atoms with Crippen molar-refractivity contribution in [2.75, 3.05) is 19.6 Å². The molecule has 2 heterocycles. The van der Waals surface area contributed by atoms with Crippen molar-refractivity contribution < 1.29 is 9.47 Å². The summed E-state index contributed by atoms with van der Waals surface area (Å²) in [6.45, 7) is 3.92. The topological polar surface area (TPSA) is 97.3 Å². The molecule has 0 radical (unpaired) electrons. The average molecular weight is 376 g/mol. The number of aryl methyl sites for hydroxylation is 1. The maximum absolute atomic E-state index is 5.34. The van der Waals surface area contributed by atoms with Crippen LogP contribution in [0.1, 0.15) is 18.1 Å². The summed E-state index contributed by atoms with van der Waals surface area (Å²) in [5, 5.41) is 13.8. The molecule has 8 heteroatoms. The highest BCUT2D eigenvalue weighted by Crippen LogP contribution is 2.28. The summed E-state index contributed by atoms with van der Waals surface area (Å²) in [7, 11) is 3.20. The van der Waals surface area contributed by atoms with Gasteiger partial charge >= 0.3 is 0 Å². The van der Waals surface area contributed by atoms with Gasteiger partial charge in [0.1, 0.15) is 5.52 Å². The Hall–Kier alpha value is -3.68. The molecule has 0 bridgehead atoms. The number of rotatable bonds is 5. The van der Waals surface area contributed by atoms with Gasteiger partial charge < -0.3 is 14.5 Å². The van der Waals surface area contributed by atoms with Crippen LogP contribution in [-0.4, -0.2) is 40.1 Å².